The summed E-state index contributed by atoms with van der Waals surface area (Å²) in [7, 11) is 0. The summed E-state index contributed by atoms with van der Waals surface area (Å²) in [5.41, 5.74) is 7.77. The predicted molar refractivity (Wildman–Crippen MR) is 74.9 cm³/mol. The van der Waals surface area contributed by atoms with Gasteiger partial charge in [0.25, 0.3) is 0 Å². The second-order valence-corrected chi connectivity index (χ2v) is 5.85. The van der Waals surface area contributed by atoms with Gasteiger partial charge in [0.1, 0.15) is 0 Å². The van der Waals surface area contributed by atoms with Crippen molar-refractivity contribution in [3.63, 3.8) is 0 Å². The molecule has 0 saturated heterocycles. The summed E-state index contributed by atoms with van der Waals surface area (Å²) in [4.78, 5) is 0. The summed E-state index contributed by atoms with van der Waals surface area (Å²) in [6.45, 7) is 2.18. The monoisotopic (exact) mass is 271 g/mol. The number of benzene rings is 1. The van der Waals surface area contributed by atoms with Crippen LogP contribution in [0.5, 0.6) is 0 Å². The van der Waals surface area contributed by atoms with Crippen molar-refractivity contribution in [2.45, 2.75) is 50.5 Å². The first-order valence-electron chi connectivity index (χ1n) is 6.31. The highest BCUT2D eigenvalue weighted by Crippen LogP contribution is 2.47. The molecule has 1 saturated carbocycles. The molecule has 0 aromatic heterocycles. The van der Waals surface area contributed by atoms with Crippen molar-refractivity contribution < 1.29 is 0 Å². The van der Waals surface area contributed by atoms with Gasteiger partial charge in [-0.05, 0) is 37.0 Å². The van der Waals surface area contributed by atoms with Crippen LogP contribution in [0.1, 0.15) is 44.6 Å². The van der Waals surface area contributed by atoms with E-state index in [2.05, 4.69) is 13.0 Å². The molecule has 17 heavy (non-hydrogen) atoms. The third kappa shape index (κ3) is 2.33. The lowest BCUT2D eigenvalue weighted by Crippen LogP contribution is -2.50. The Morgan fingerprint density at radius 3 is 2.47 bits per heavy atom. The maximum absolute atomic E-state index is 6.37. The van der Waals surface area contributed by atoms with Gasteiger partial charge in [0.15, 0.2) is 0 Å². The lowest BCUT2D eigenvalue weighted by atomic mass is 9.59. The van der Waals surface area contributed by atoms with Crippen LogP contribution in [-0.2, 0) is 5.41 Å². The SMILES string of the molecule is CCCC(N)C1(c2ccc(Cl)c(Cl)c2)CCC1. The van der Waals surface area contributed by atoms with Crippen LogP contribution in [0.4, 0.5) is 0 Å². The first kappa shape index (κ1) is 13.2. The fraction of sp³-hybridized carbons (Fsp3) is 0.571. The van der Waals surface area contributed by atoms with E-state index in [0.717, 1.165) is 12.8 Å². The predicted octanol–water partition coefficient (Wildman–Crippen LogP) is 4.54. The molecule has 2 rings (SSSR count). The largest absolute Gasteiger partial charge is 0.327 e. The zero-order valence-electron chi connectivity index (χ0n) is 10.2. The smallest absolute Gasteiger partial charge is 0.0595 e. The van der Waals surface area contributed by atoms with Crippen molar-refractivity contribution in [1.82, 2.24) is 0 Å². The van der Waals surface area contributed by atoms with Crippen LogP contribution in [0.3, 0.4) is 0 Å². The number of rotatable bonds is 4. The second kappa shape index (κ2) is 5.17. The molecule has 1 aliphatic rings. The Kier molecular flexibility index (Phi) is 4.02. The second-order valence-electron chi connectivity index (χ2n) is 5.03. The van der Waals surface area contributed by atoms with Gasteiger partial charge in [-0.3, -0.25) is 0 Å². The number of nitrogens with two attached hydrogens (primary N) is 1. The van der Waals surface area contributed by atoms with E-state index in [9.17, 15) is 0 Å². The van der Waals surface area contributed by atoms with Gasteiger partial charge in [-0.1, -0.05) is 49.0 Å². The molecule has 1 atom stereocenters. The van der Waals surface area contributed by atoms with Gasteiger partial charge >= 0.3 is 0 Å². The summed E-state index contributed by atoms with van der Waals surface area (Å²) in [5.74, 6) is 0. The Labute approximate surface area is 113 Å². The molecule has 1 unspecified atom stereocenters. The van der Waals surface area contributed by atoms with E-state index in [1.165, 1.54) is 24.8 Å². The molecule has 0 aliphatic heterocycles. The maximum Gasteiger partial charge on any atom is 0.0595 e. The van der Waals surface area contributed by atoms with Crippen LogP contribution in [0.25, 0.3) is 0 Å². The summed E-state index contributed by atoms with van der Waals surface area (Å²) in [5, 5.41) is 1.26. The molecular weight excluding hydrogens is 253 g/mol. The minimum absolute atomic E-state index is 0.143. The van der Waals surface area contributed by atoms with E-state index < -0.39 is 0 Å². The van der Waals surface area contributed by atoms with E-state index in [1.54, 1.807) is 0 Å². The Morgan fingerprint density at radius 1 is 1.29 bits per heavy atom. The van der Waals surface area contributed by atoms with Crippen LogP contribution in [0.2, 0.25) is 10.0 Å². The van der Waals surface area contributed by atoms with Crippen LogP contribution in [-0.4, -0.2) is 6.04 Å². The highest BCUT2D eigenvalue weighted by atomic mass is 35.5. The molecule has 2 N–H and O–H groups in total. The van der Waals surface area contributed by atoms with E-state index in [4.69, 9.17) is 28.9 Å². The Bertz CT molecular complexity index is 399. The molecule has 1 aromatic rings. The van der Waals surface area contributed by atoms with Crippen LogP contribution >= 0.6 is 23.2 Å². The van der Waals surface area contributed by atoms with Crippen molar-refractivity contribution in [2.24, 2.45) is 5.73 Å². The Hall–Kier alpha value is -0.240. The van der Waals surface area contributed by atoms with Crippen molar-refractivity contribution in [3.8, 4) is 0 Å². The van der Waals surface area contributed by atoms with Crippen LogP contribution in [0.15, 0.2) is 18.2 Å². The molecule has 0 amide bonds. The third-order valence-corrected chi connectivity index (χ3v) is 4.79. The topological polar surface area (TPSA) is 26.0 Å². The third-order valence-electron chi connectivity index (χ3n) is 4.05. The lowest BCUT2D eigenvalue weighted by molar-refractivity contribution is 0.188. The normalized spacial score (nSPS) is 19.8. The van der Waals surface area contributed by atoms with Crippen molar-refractivity contribution in [1.29, 1.82) is 0 Å². The van der Waals surface area contributed by atoms with Crippen LogP contribution in [0, 0.1) is 0 Å². The van der Waals surface area contributed by atoms with Gasteiger partial charge in [0.2, 0.25) is 0 Å². The van der Waals surface area contributed by atoms with E-state index in [1.807, 2.05) is 12.1 Å². The summed E-state index contributed by atoms with van der Waals surface area (Å²) < 4.78 is 0. The lowest BCUT2D eigenvalue weighted by Gasteiger charge is -2.47. The minimum atomic E-state index is 0.143. The van der Waals surface area contributed by atoms with E-state index in [0.29, 0.717) is 10.0 Å². The Morgan fingerprint density at radius 2 is 2.00 bits per heavy atom. The average Bonchev–Trinajstić information content (AvgIpc) is 2.22. The zero-order valence-corrected chi connectivity index (χ0v) is 11.7. The van der Waals surface area contributed by atoms with Gasteiger partial charge in [-0.25, -0.2) is 0 Å². The molecule has 1 aliphatic carbocycles. The fourth-order valence-corrected chi connectivity index (χ4v) is 3.12. The Balaban J connectivity index is 2.31. The van der Waals surface area contributed by atoms with Crippen molar-refractivity contribution >= 4 is 23.2 Å². The van der Waals surface area contributed by atoms with E-state index in [-0.39, 0.29) is 11.5 Å². The molecule has 94 valence electrons. The van der Waals surface area contributed by atoms with Gasteiger partial charge in [0.05, 0.1) is 10.0 Å². The minimum Gasteiger partial charge on any atom is -0.327 e. The summed E-state index contributed by atoms with van der Waals surface area (Å²) >= 11 is 12.1. The maximum atomic E-state index is 6.37. The van der Waals surface area contributed by atoms with Gasteiger partial charge in [-0.15, -0.1) is 0 Å². The molecule has 1 aromatic carbocycles. The quantitative estimate of drug-likeness (QED) is 0.855. The zero-order chi connectivity index (χ0) is 12.5. The average molecular weight is 272 g/mol. The molecule has 0 heterocycles. The summed E-state index contributed by atoms with van der Waals surface area (Å²) in [6, 6.07) is 6.21. The standard InChI is InChI=1S/C14H19Cl2N/c1-2-4-13(17)14(7-3-8-14)10-5-6-11(15)12(16)9-10/h5-6,9,13H,2-4,7-8,17H2,1H3. The number of hydrogen-bond donors (Lipinski definition) is 1. The van der Waals surface area contributed by atoms with Crippen molar-refractivity contribution in [3.05, 3.63) is 33.8 Å². The first-order valence-corrected chi connectivity index (χ1v) is 7.07. The van der Waals surface area contributed by atoms with Crippen molar-refractivity contribution in [2.75, 3.05) is 0 Å². The highest BCUT2D eigenvalue weighted by Gasteiger charge is 2.43. The number of hydrogen-bond acceptors (Lipinski definition) is 1. The van der Waals surface area contributed by atoms with Crippen LogP contribution < -0.4 is 5.73 Å². The molecule has 1 nitrogen and oxygen atoms in total. The summed E-state index contributed by atoms with van der Waals surface area (Å²) in [6.07, 6.45) is 5.81. The van der Waals surface area contributed by atoms with Gasteiger partial charge < -0.3 is 5.73 Å². The first-order chi connectivity index (χ1) is 8.10. The van der Waals surface area contributed by atoms with Gasteiger partial charge in [0, 0.05) is 11.5 Å². The molecule has 1 fully saturated rings. The van der Waals surface area contributed by atoms with Gasteiger partial charge in [-0.2, -0.15) is 0 Å². The number of halogens is 2. The fourth-order valence-electron chi connectivity index (χ4n) is 2.82. The molecule has 3 heteroatoms. The molecule has 0 spiro atoms. The molecule has 0 radical (unpaired) electrons. The molecule has 0 bridgehead atoms. The molecular formula is C14H19Cl2N. The highest BCUT2D eigenvalue weighted by molar-refractivity contribution is 6.42. The van der Waals surface area contributed by atoms with E-state index >= 15 is 0 Å².